The van der Waals surface area contributed by atoms with E-state index in [4.69, 9.17) is 4.74 Å². The highest BCUT2D eigenvalue weighted by Crippen LogP contribution is 2.12. The molecule has 1 heterocycles. The maximum Gasteiger partial charge on any atom is 0.0683 e. The van der Waals surface area contributed by atoms with Crippen molar-refractivity contribution in [2.75, 3.05) is 33.4 Å². The third-order valence-electron chi connectivity index (χ3n) is 2.32. The molecule has 0 bridgehead atoms. The van der Waals surface area contributed by atoms with Gasteiger partial charge in [-0.2, -0.15) is 0 Å². The van der Waals surface area contributed by atoms with Gasteiger partial charge in [-0.15, -0.1) is 0 Å². The first-order valence-corrected chi connectivity index (χ1v) is 6.63. The van der Waals surface area contributed by atoms with Gasteiger partial charge in [0.25, 0.3) is 0 Å². The molecule has 0 atom stereocenters. The van der Waals surface area contributed by atoms with Crippen LogP contribution in [0.1, 0.15) is 12.1 Å². The average Bonchev–Trinajstić information content (AvgIpc) is 2.35. The van der Waals surface area contributed by atoms with Gasteiger partial charge >= 0.3 is 0 Å². The second-order valence-corrected chi connectivity index (χ2v) is 4.56. The molecule has 0 unspecified atom stereocenters. The van der Waals surface area contributed by atoms with Crippen LogP contribution in [-0.2, 0) is 11.3 Å². The van der Waals surface area contributed by atoms with E-state index in [0.29, 0.717) is 0 Å². The van der Waals surface area contributed by atoms with E-state index in [1.807, 2.05) is 18.3 Å². The van der Waals surface area contributed by atoms with Crippen molar-refractivity contribution in [1.82, 2.24) is 15.6 Å². The second kappa shape index (κ2) is 9.53. The topological polar surface area (TPSA) is 46.2 Å². The van der Waals surface area contributed by atoms with Crippen LogP contribution in [0.4, 0.5) is 0 Å². The molecule has 0 saturated heterocycles. The molecule has 96 valence electrons. The highest BCUT2D eigenvalue weighted by molar-refractivity contribution is 9.10. The van der Waals surface area contributed by atoms with Crippen molar-refractivity contribution in [2.24, 2.45) is 0 Å². The summed E-state index contributed by atoms with van der Waals surface area (Å²) in [5.41, 5.74) is 1.06. The summed E-state index contributed by atoms with van der Waals surface area (Å²) in [5.74, 6) is 0. The summed E-state index contributed by atoms with van der Waals surface area (Å²) in [5, 5.41) is 6.68. The summed E-state index contributed by atoms with van der Waals surface area (Å²) in [4.78, 5) is 4.30. The maximum absolute atomic E-state index is 4.95. The van der Waals surface area contributed by atoms with Crippen LogP contribution < -0.4 is 10.6 Å². The van der Waals surface area contributed by atoms with Gasteiger partial charge in [0.15, 0.2) is 0 Å². The van der Waals surface area contributed by atoms with E-state index in [0.717, 1.165) is 49.4 Å². The van der Waals surface area contributed by atoms with Crippen molar-refractivity contribution in [3.8, 4) is 0 Å². The van der Waals surface area contributed by atoms with Crippen molar-refractivity contribution in [3.63, 3.8) is 0 Å². The molecule has 0 radical (unpaired) electrons. The standard InChI is InChI=1S/C12H20BrN3O/c1-17-9-8-14-5-3-6-15-10-12-11(13)4-2-7-16-12/h2,4,7,14-15H,3,5-6,8-10H2,1H3. The van der Waals surface area contributed by atoms with Crippen LogP contribution >= 0.6 is 15.9 Å². The first-order chi connectivity index (χ1) is 8.34. The minimum atomic E-state index is 0.772. The van der Waals surface area contributed by atoms with Crippen molar-refractivity contribution < 1.29 is 4.74 Å². The molecule has 17 heavy (non-hydrogen) atoms. The Hall–Kier alpha value is -0.490. The van der Waals surface area contributed by atoms with Crippen LogP contribution in [-0.4, -0.2) is 38.3 Å². The average molecular weight is 302 g/mol. The predicted molar refractivity (Wildman–Crippen MR) is 73.0 cm³/mol. The molecule has 0 aliphatic rings. The van der Waals surface area contributed by atoms with Gasteiger partial charge in [0.05, 0.1) is 12.3 Å². The van der Waals surface area contributed by atoms with E-state index in [9.17, 15) is 0 Å². The van der Waals surface area contributed by atoms with Gasteiger partial charge in [-0.25, -0.2) is 0 Å². The molecule has 0 saturated carbocycles. The molecule has 0 fully saturated rings. The van der Waals surface area contributed by atoms with E-state index < -0.39 is 0 Å². The van der Waals surface area contributed by atoms with E-state index in [-0.39, 0.29) is 0 Å². The summed E-state index contributed by atoms with van der Waals surface area (Å²) < 4.78 is 6.01. The van der Waals surface area contributed by atoms with Gasteiger partial charge in [0, 0.05) is 30.9 Å². The van der Waals surface area contributed by atoms with Gasteiger partial charge in [-0.3, -0.25) is 4.98 Å². The molecule has 0 aromatic carbocycles. The minimum Gasteiger partial charge on any atom is -0.383 e. The van der Waals surface area contributed by atoms with Gasteiger partial charge in [0.1, 0.15) is 0 Å². The molecule has 0 aliphatic heterocycles. The van der Waals surface area contributed by atoms with Gasteiger partial charge < -0.3 is 15.4 Å². The molecule has 2 N–H and O–H groups in total. The highest BCUT2D eigenvalue weighted by Gasteiger charge is 1.98. The second-order valence-electron chi connectivity index (χ2n) is 3.71. The third-order valence-corrected chi connectivity index (χ3v) is 3.04. The third kappa shape index (κ3) is 6.73. The lowest BCUT2D eigenvalue weighted by atomic mass is 10.3. The van der Waals surface area contributed by atoms with E-state index >= 15 is 0 Å². The summed E-state index contributed by atoms with van der Waals surface area (Å²) >= 11 is 3.48. The number of aromatic nitrogens is 1. The van der Waals surface area contributed by atoms with Crippen LogP contribution in [0.15, 0.2) is 22.8 Å². The summed E-state index contributed by atoms with van der Waals surface area (Å²) in [6.07, 6.45) is 2.92. The van der Waals surface area contributed by atoms with E-state index in [1.54, 1.807) is 7.11 Å². The first kappa shape index (κ1) is 14.6. The fraction of sp³-hybridized carbons (Fsp3) is 0.583. The Morgan fingerprint density at radius 3 is 2.88 bits per heavy atom. The number of hydrogen-bond donors (Lipinski definition) is 2. The lowest BCUT2D eigenvalue weighted by Crippen LogP contribution is -2.24. The highest BCUT2D eigenvalue weighted by atomic mass is 79.9. The molecular weight excluding hydrogens is 282 g/mol. The lowest BCUT2D eigenvalue weighted by molar-refractivity contribution is 0.199. The molecular formula is C12H20BrN3O. The van der Waals surface area contributed by atoms with Crippen LogP contribution in [0.2, 0.25) is 0 Å². The molecule has 0 aliphatic carbocycles. The first-order valence-electron chi connectivity index (χ1n) is 5.84. The molecule has 0 spiro atoms. The van der Waals surface area contributed by atoms with Crippen molar-refractivity contribution in [2.45, 2.75) is 13.0 Å². The number of nitrogens with one attached hydrogen (secondary N) is 2. The molecule has 1 aromatic heterocycles. The van der Waals surface area contributed by atoms with Gasteiger partial charge in [0.2, 0.25) is 0 Å². The van der Waals surface area contributed by atoms with Gasteiger partial charge in [-0.1, -0.05) is 0 Å². The van der Waals surface area contributed by atoms with Crippen molar-refractivity contribution in [1.29, 1.82) is 0 Å². The Morgan fingerprint density at radius 2 is 2.12 bits per heavy atom. The zero-order valence-corrected chi connectivity index (χ0v) is 11.8. The number of halogens is 1. The largest absolute Gasteiger partial charge is 0.383 e. The molecule has 0 amide bonds. The molecule has 1 rings (SSSR count). The quantitative estimate of drug-likeness (QED) is 0.680. The number of methoxy groups -OCH3 is 1. The Morgan fingerprint density at radius 1 is 1.29 bits per heavy atom. The molecule has 5 heteroatoms. The summed E-state index contributed by atoms with van der Waals surface area (Å²) in [7, 11) is 1.72. The van der Waals surface area contributed by atoms with Crippen molar-refractivity contribution >= 4 is 15.9 Å². The van der Waals surface area contributed by atoms with E-state index in [2.05, 4.69) is 31.5 Å². The number of ether oxygens (including phenoxy) is 1. The molecule has 1 aromatic rings. The maximum atomic E-state index is 4.95. The lowest BCUT2D eigenvalue weighted by Gasteiger charge is -2.06. The van der Waals surface area contributed by atoms with Crippen LogP contribution in [0.5, 0.6) is 0 Å². The Bertz CT molecular complexity index is 310. The summed E-state index contributed by atoms with van der Waals surface area (Å²) in [6, 6.07) is 3.93. The fourth-order valence-corrected chi connectivity index (χ4v) is 1.79. The number of pyridine rings is 1. The van der Waals surface area contributed by atoms with Crippen LogP contribution in [0, 0.1) is 0 Å². The Labute approximate surface area is 111 Å². The fourth-order valence-electron chi connectivity index (χ4n) is 1.39. The van der Waals surface area contributed by atoms with E-state index in [1.165, 1.54) is 0 Å². The molecule has 4 nitrogen and oxygen atoms in total. The minimum absolute atomic E-state index is 0.772. The van der Waals surface area contributed by atoms with Gasteiger partial charge in [-0.05, 0) is 47.6 Å². The SMILES string of the molecule is COCCNCCCNCc1ncccc1Br. The normalized spacial score (nSPS) is 10.7. The number of hydrogen-bond acceptors (Lipinski definition) is 4. The van der Waals surface area contributed by atoms with Crippen molar-refractivity contribution in [3.05, 3.63) is 28.5 Å². The Kier molecular flexibility index (Phi) is 8.17. The zero-order chi connectivity index (χ0) is 12.3. The Balaban J connectivity index is 1.99. The number of nitrogens with zero attached hydrogens (tertiary/aromatic N) is 1. The van der Waals surface area contributed by atoms with Crippen LogP contribution in [0.25, 0.3) is 0 Å². The summed E-state index contributed by atoms with van der Waals surface area (Å²) in [6.45, 7) is 4.50. The van der Waals surface area contributed by atoms with Crippen LogP contribution in [0.3, 0.4) is 0 Å². The number of rotatable bonds is 9. The predicted octanol–water partition coefficient (Wildman–Crippen LogP) is 1.56. The smallest absolute Gasteiger partial charge is 0.0683 e. The zero-order valence-electron chi connectivity index (χ0n) is 10.2. The monoisotopic (exact) mass is 301 g/mol.